The van der Waals surface area contributed by atoms with E-state index >= 15 is 0 Å². The number of anilines is 1. The molecule has 2 aromatic rings. The molecule has 0 unspecified atom stereocenters. The molecule has 0 fully saturated rings. The van der Waals surface area contributed by atoms with E-state index in [4.69, 9.17) is 0 Å². The molecular formula is C16H25BrN4. The number of halogens is 1. The van der Waals surface area contributed by atoms with Crippen LogP contribution in [0.3, 0.4) is 0 Å². The number of hydrogen-bond donors (Lipinski definition) is 1. The van der Waals surface area contributed by atoms with Gasteiger partial charge < -0.3 is 5.32 Å². The number of hydrogen-bond acceptors (Lipinski definition) is 3. The van der Waals surface area contributed by atoms with Crippen LogP contribution in [0, 0.1) is 0 Å². The Morgan fingerprint density at radius 3 is 2.48 bits per heavy atom. The van der Waals surface area contributed by atoms with Crippen molar-refractivity contribution in [3.05, 3.63) is 22.8 Å². The molecule has 0 atom stereocenters. The quantitative estimate of drug-likeness (QED) is 0.480. The van der Waals surface area contributed by atoms with Crippen LogP contribution in [-0.2, 0) is 0 Å². The Balaban J connectivity index is 1.61. The molecule has 2 heterocycles. The lowest BCUT2D eigenvalue weighted by atomic mass is 10.1. The Hall–Kier alpha value is -1.10. The van der Waals surface area contributed by atoms with Crippen molar-refractivity contribution in [1.82, 2.24) is 14.6 Å². The van der Waals surface area contributed by atoms with Gasteiger partial charge in [-0.05, 0) is 34.5 Å². The number of aromatic nitrogens is 3. The number of rotatable bonds is 10. The molecule has 0 amide bonds. The summed E-state index contributed by atoms with van der Waals surface area (Å²) in [6.45, 7) is 3.21. The molecule has 0 radical (unpaired) electrons. The minimum Gasteiger partial charge on any atom is -0.353 e. The predicted molar refractivity (Wildman–Crippen MR) is 91.8 cm³/mol. The predicted octanol–water partition coefficient (Wildman–Crippen LogP) is 5.04. The normalized spacial score (nSPS) is 11.1. The summed E-state index contributed by atoms with van der Waals surface area (Å²) in [6, 6.07) is 5.89. The molecule has 2 rings (SSSR count). The Labute approximate surface area is 135 Å². The highest BCUT2D eigenvalue weighted by atomic mass is 79.9. The number of fused-ring (bicyclic) bond motifs is 1. The SMILES string of the molecule is CCCCCCCCCCNc1nc2cccc(Br)n2n1. The Morgan fingerprint density at radius 1 is 1.05 bits per heavy atom. The number of nitrogens with zero attached hydrogens (tertiary/aromatic N) is 3. The second kappa shape index (κ2) is 9.03. The Morgan fingerprint density at radius 2 is 1.76 bits per heavy atom. The molecule has 0 bridgehead atoms. The second-order valence-electron chi connectivity index (χ2n) is 5.46. The fraction of sp³-hybridized carbons (Fsp3) is 0.625. The van der Waals surface area contributed by atoms with Gasteiger partial charge in [-0.2, -0.15) is 4.98 Å². The van der Waals surface area contributed by atoms with Crippen molar-refractivity contribution in [3.8, 4) is 0 Å². The molecule has 1 N–H and O–H groups in total. The van der Waals surface area contributed by atoms with Crippen LogP contribution in [0.25, 0.3) is 5.65 Å². The van der Waals surface area contributed by atoms with Gasteiger partial charge in [-0.1, -0.05) is 57.9 Å². The van der Waals surface area contributed by atoms with Gasteiger partial charge >= 0.3 is 0 Å². The van der Waals surface area contributed by atoms with Crippen LogP contribution in [0.15, 0.2) is 22.8 Å². The van der Waals surface area contributed by atoms with E-state index < -0.39 is 0 Å². The van der Waals surface area contributed by atoms with E-state index in [1.165, 1.54) is 51.4 Å². The van der Waals surface area contributed by atoms with E-state index in [2.05, 4.69) is 38.3 Å². The topological polar surface area (TPSA) is 42.2 Å². The standard InChI is InChI=1S/C16H25BrN4/c1-2-3-4-5-6-7-8-9-13-18-16-19-15-12-10-11-14(17)21(15)20-16/h10-12H,2-9,13H2,1H3,(H,18,20). The van der Waals surface area contributed by atoms with Crippen LogP contribution in [0.2, 0.25) is 0 Å². The summed E-state index contributed by atoms with van der Waals surface area (Å²) in [5, 5.41) is 7.74. The maximum Gasteiger partial charge on any atom is 0.243 e. The van der Waals surface area contributed by atoms with Crippen LogP contribution >= 0.6 is 15.9 Å². The molecule has 0 aliphatic heterocycles. The maximum absolute atomic E-state index is 4.45. The first kappa shape index (κ1) is 16.3. The van der Waals surface area contributed by atoms with Crippen molar-refractivity contribution in [3.63, 3.8) is 0 Å². The van der Waals surface area contributed by atoms with Crippen LogP contribution < -0.4 is 5.32 Å². The number of pyridine rings is 1. The third-order valence-electron chi connectivity index (χ3n) is 3.63. The molecule has 2 aromatic heterocycles. The van der Waals surface area contributed by atoms with Gasteiger partial charge in [-0.15, -0.1) is 5.10 Å². The van der Waals surface area contributed by atoms with Crippen LogP contribution in [0.5, 0.6) is 0 Å². The largest absolute Gasteiger partial charge is 0.353 e. The smallest absolute Gasteiger partial charge is 0.243 e. The van der Waals surface area contributed by atoms with Gasteiger partial charge in [0.2, 0.25) is 5.95 Å². The summed E-state index contributed by atoms with van der Waals surface area (Å²) in [6.07, 6.45) is 10.7. The zero-order chi connectivity index (χ0) is 14.9. The summed E-state index contributed by atoms with van der Waals surface area (Å²) in [5.74, 6) is 0.713. The summed E-state index contributed by atoms with van der Waals surface area (Å²) in [5.41, 5.74) is 0.864. The molecule has 0 aliphatic carbocycles. The Bertz CT molecular complexity index is 538. The lowest BCUT2D eigenvalue weighted by molar-refractivity contribution is 0.581. The first-order valence-corrected chi connectivity index (χ1v) is 8.85. The van der Waals surface area contributed by atoms with Gasteiger partial charge in [0.1, 0.15) is 4.60 Å². The molecule has 0 saturated heterocycles. The van der Waals surface area contributed by atoms with Gasteiger partial charge in [-0.25, -0.2) is 4.52 Å². The highest BCUT2D eigenvalue weighted by molar-refractivity contribution is 9.10. The van der Waals surface area contributed by atoms with Gasteiger partial charge in [0.05, 0.1) is 0 Å². The fourth-order valence-electron chi connectivity index (χ4n) is 2.41. The lowest BCUT2D eigenvalue weighted by Crippen LogP contribution is -2.03. The van der Waals surface area contributed by atoms with E-state index in [1.807, 2.05) is 18.2 Å². The first-order valence-electron chi connectivity index (χ1n) is 8.06. The van der Waals surface area contributed by atoms with Gasteiger partial charge in [0, 0.05) is 6.54 Å². The minimum atomic E-state index is 0.713. The van der Waals surface area contributed by atoms with E-state index in [0.717, 1.165) is 16.8 Å². The summed E-state index contributed by atoms with van der Waals surface area (Å²) < 4.78 is 2.73. The summed E-state index contributed by atoms with van der Waals surface area (Å²) in [7, 11) is 0. The fourth-order valence-corrected chi connectivity index (χ4v) is 2.82. The lowest BCUT2D eigenvalue weighted by Gasteiger charge is -2.02. The maximum atomic E-state index is 4.45. The van der Waals surface area contributed by atoms with Gasteiger partial charge in [0.25, 0.3) is 0 Å². The van der Waals surface area contributed by atoms with Crippen molar-refractivity contribution in [2.45, 2.75) is 58.3 Å². The number of unbranched alkanes of at least 4 members (excludes halogenated alkanes) is 7. The molecule has 0 aromatic carbocycles. The Kier molecular flexibility index (Phi) is 7.00. The van der Waals surface area contributed by atoms with Crippen LogP contribution in [-0.4, -0.2) is 21.1 Å². The molecule has 0 spiro atoms. The molecule has 21 heavy (non-hydrogen) atoms. The monoisotopic (exact) mass is 352 g/mol. The average Bonchev–Trinajstić information content (AvgIpc) is 2.90. The molecule has 0 aliphatic rings. The van der Waals surface area contributed by atoms with Crippen molar-refractivity contribution < 1.29 is 0 Å². The molecule has 0 saturated carbocycles. The second-order valence-corrected chi connectivity index (χ2v) is 6.27. The minimum absolute atomic E-state index is 0.713. The van der Waals surface area contributed by atoms with Crippen molar-refractivity contribution >= 4 is 27.5 Å². The third kappa shape index (κ3) is 5.30. The van der Waals surface area contributed by atoms with E-state index in [9.17, 15) is 0 Å². The summed E-state index contributed by atoms with van der Waals surface area (Å²) in [4.78, 5) is 4.45. The van der Waals surface area contributed by atoms with Gasteiger partial charge in [-0.3, -0.25) is 0 Å². The van der Waals surface area contributed by atoms with E-state index in [1.54, 1.807) is 4.52 Å². The highest BCUT2D eigenvalue weighted by Gasteiger charge is 2.04. The third-order valence-corrected chi connectivity index (χ3v) is 4.23. The van der Waals surface area contributed by atoms with Gasteiger partial charge in [0.15, 0.2) is 5.65 Å². The van der Waals surface area contributed by atoms with Crippen molar-refractivity contribution in [2.24, 2.45) is 0 Å². The zero-order valence-electron chi connectivity index (χ0n) is 12.8. The van der Waals surface area contributed by atoms with E-state index in [0.29, 0.717) is 5.95 Å². The average molecular weight is 353 g/mol. The first-order chi connectivity index (χ1) is 10.3. The molecule has 116 valence electrons. The molecule has 5 heteroatoms. The van der Waals surface area contributed by atoms with E-state index in [-0.39, 0.29) is 0 Å². The molecule has 4 nitrogen and oxygen atoms in total. The highest BCUT2D eigenvalue weighted by Crippen LogP contribution is 2.13. The molecular weight excluding hydrogens is 328 g/mol. The van der Waals surface area contributed by atoms with Crippen LogP contribution in [0.1, 0.15) is 58.3 Å². The van der Waals surface area contributed by atoms with Crippen LogP contribution in [0.4, 0.5) is 5.95 Å². The zero-order valence-corrected chi connectivity index (χ0v) is 14.4. The summed E-state index contributed by atoms with van der Waals surface area (Å²) >= 11 is 3.47. The van der Waals surface area contributed by atoms with Crippen molar-refractivity contribution in [2.75, 3.05) is 11.9 Å². The number of nitrogens with one attached hydrogen (secondary N) is 1. The van der Waals surface area contributed by atoms with Crippen molar-refractivity contribution in [1.29, 1.82) is 0 Å².